The van der Waals surface area contributed by atoms with Gasteiger partial charge < -0.3 is 5.32 Å². The first-order valence-corrected chi connectivity index (χ1v) is 9.24. The van der Waals surface area contributed by atoms with Crippen LogP contribution in [0.15, 0.2) is 54.6 Å². The summed E-state index contributed by atoms with van der Waals surface area (Å²) in [6.45, 7) is 1.70. The second-order valence-corrected chi connectivity index (χ2v) is 7.25. The van der Waals surface area contributed by atoms with Crippen molar-refractivity contribution in [3.05, 3.63) is 76.0 Å². The molecule has 2 heterocycles. The third-order valence-corrected chi connectivity index (χ3v) is 4.70. The fourth-order valence-corrected chi connectivity index (χ4v) is 3.34. The quantitative estimate of drug-likeness (QED) is 0.385. The normalized spacial score (nSPS) is 11.8. The Labute approximate surface area is 173 Å². The summed E-state index contributed by atoms with van der Waals surface area (Å²) in [7, 11) is 0. The van der Waals surface area contributed by atoms with Crippen molar-refractivity contribution in [3.8, 4) is 11.1 Å². The zero-order valence-corrected chi connectivity index (χ0v) is 16.4. The number of hydrogen-bond acceptors (Lipinski definition) is 3. The molecule has 0 saturated heterocycles. The number of nitrogens with zero attached hydrogens (tertiary/aromatic N) is 3. The third-order valence-electron chi connectivity index (χ3n) is 4.22. The highest BCUT2D eigenvalue weighted by Crippen LogP contribution is 2.39. The molecule has 4 aromatic rings. The smallest absolute Gasteiger partial charge is 0.340 e. The van der Waals surface area contributed by atoms with Crippen molar-refractivity contribution in [2.75, 3.05) is 5.32 Å². The Kier molecular flexibility index (Phi) is 4.88. The lowest BCUT2D eigenvalue weighted by Gasteiger charge is -2.10. The van der Waals surface area contributed by atoms with Gasteiger partial charge in [-0.15, -0.1) is 0 Å². The van der Waals surface area contributed by atoms with Crippen molar-refractivity contribution < 1.29 is 13.2 Å². The van der Waals surface area contributed by atoms with E-state index in [2.05, 4.69) is 15.4 Å². The molecule has 0 aliphatic heterocycles. The van der Waals surface area contributed by atoms with Gasteiger partial charge >= 0.3 is 6.18 Å². The summed E-state index contributed by atoms with van der Waals surface area (Å²) in [5.41, 5.74) is 0.430. The predicted molar refractivity (Wildman–Crippen MR) is 108 cm³/mol. The Bertz CT molecular complexity index is 1200. The van der Waals surface area contributed by atoms with Crippen LogP contribution < -0.4 is 5.32 Å². The number of nitrogens with one attached hydrogen (secondary N) is 1. The number of aromatic nitrogens is 3. The summed E-state index contributed by atoms with van der Waals surface area (Å²) >= 11 is 11.9. The van der Waals surface area contributed by atoms with Gasteiger partial charge in [0.15, 0.2) is 11.3 Å². The summed E-state index contributed by atoms with van der Waals surface area (Å²) in [6, 6.07) is 14.6. The van der Waals surface area contributed by atoms with Gasteiger partial charge in [-0.2, -0.15) is 22.8 Å². The number of fused-ring (bicyclic) bond motifs is 1. The van der Waals surface area contributed by atoms with Gasteiger partial charge in [-0.3, -0.25) is 0 Å². The van der Waals surface area contributed by atoms with Crippen molar-refractivity contribution in [1.29, 1.82) is 0 Å². The molecule has 0 aliphatic rings. The van der Waals surface area contributed by atoms with E-state index >= 15 is 0 Å². The van der Waals surface area contributed by atoms with E-state index in [0.717, 1.165) is 4.52 Å². The van der Waals surface area contributed by atoms with Gasteiger partial charge in [0.1, 0.15) is 5.82 Å². The molecule has 0 bridgehead atoms. The third kappa shape index (κ3) is 3.88. The molecule has 0 radical (unpaired) electrons. The van der Waals surface area contributed by atoms with Crippen molar-refractivity contribution >= 4 is 40.4 Å². The van der Waals surface area contributed by atoms with Crippen LogP contribution in [0.1, 0.15) is 11.4 Å². The molecule has 0 aliphatic carbocycles. The molecule has 0 atom stereocenters. The van der Waals surface area contributed by atoms with Crippen molar-refractivity contribution in [2.45, 2.75) is 13.1 Å². The minimum absolute atomic E-state index is 0.0872. The Hall–Kier alpha value is -2.77. The van der Waals surface area contributed by atoms with Gasteiger partial charge in [0.2, 0.25) is 0 Å². The first-order valence-electron chi connectivity index (χ1n) is 8.48. The number of alkyl halides is 3. The van der Waals surface area contributed by atoms with Crippen molar-refractivity contribution in [3.63, 3.8) is 0 Å². The summed E-state index contributed by atoms with van der Waals surface area (Å²) in [5, 5.41) is 7.83. The lowest BCUT2D eigenvalue weighted by atomic mass is 10.1. The van der Waals surface area contributed by atoms with Crippen molar-refractivity contribution in [2.24, 2.45) is 0 Å². The number of aryl methyl sites for hydroxylation is 1. The Morgan fingerprint density at radius 1 is 0.966 bits per heavy atom. The fraction of sp³-hybridized carbons (Fsp3) is 0.100. The zero-order chi connectivity index (χ0) is 20.8. The molecule has 4 rings (SSSR count). The lowest BCUT2D eigenvalue weighted by Crippen LogP contribution is -2.08. The largest absolute Gasteiger partial charge is 0.435 e. The van der Waals surface area contributed by atoms with E-state index in [-0.39, 0.29) is 11.2 Å². The second-order valence-electron chi connectivity index (χ2n) is 6.38. The molecule has 0 amide bonds. The number of rotatable bonds is 3. The maximum atomic E-state index is 13.8. The van der Waals surface area contributed by atoms with E-state index in [0.29, 0.717) is 32.8 Å². The van der Waals surface area contributed by atoms with Crippen molar-refractivity contribution in [1.82, 2.24) is 14.6 Å². The highest BCUT2D eigenvalue weighted by atomic mass is 35.5. The van der Waals surface area contributed by atoms with E-state index in [4.69, 9.17) is 23.2 Å². The van der Waals surface area contributed by atoms with Crippen LogP contribution in [0.3, 0.4) is 0 Å². The number of benzene rings is 2. The standard InChI is InChI=1S/C20H13Cl2F3N4/c1-11-9-16(27-15-4-2-3-14(22)10-15)29-19(26-11)17(18(28-29)20(23,24)25)12-5-7-13(21)8-6-12/h2-10,27H,1H3. The van der Waals surface area contributed by atoms with E-state index in [1.807, 2.05) is 0 Å². The van der Waals surface area contributed by atoms with Gasteiger partial charge in [-0.25, -0.2) is 4.98 Å². The maximum Gasteiger partial charge on any atom is 0.435 e. The second kappa shape index (κ2) is 7.24. The maximum absolute atomic E-state index is 13.8. The highest BCUT2D eigenvalue weighted by Gasteiger charge is 2.39. The summed E-state index contributed by atoms with van der Waals surface area (Å²) in [4.78, 5) is 4.33. The van der Waals surface area contributed by atoms with Gasteiger partial charge in [-0.05, 0) is 42.8 Å². The molecule has 2 aromatic carbocycles. The molecule has 0 saturated carbocycles. The first kappa shape index (κ1) is 19.5. The molecule has 148 valence electrons. The molecular formula is C20H13Cl2F3N4. The lowest BCUT2D eigenvalue weighted by molar-refractivity contribution is -0.140. The first-order chi connectivity index (χ1) is 13.7. The van der Waals surface area contributed by atoms with E-state index in [9.17, 15) is 13.2 Å². The predicted octanol–water partition coefficient (Wildman–Crippen LogP) is 6.77. The zero-order valence-electron chi connectivity index (χ0n) is 14.9. The minimum atomic E-state index is -4.66. The number of anilines is 2. The molecular weight excluding hydrogens is 424 g/mol. The van der Waals surface area contributed by atoms with Crippen LogP contribution in [0.2, 0.25) is 10.0 Å². The SMILES string of the molecule is Cc1cc(Nc2cccc(Cl)c2)n2nc(C(F)(F)F)c(-c3ccc(Cl)cc3)c2n1. The van der Waals surface area contributed by atoms with Gasteiger partial charge in [-0.1, -0.05) is 41.4 Å². The minimum Gasteiger partial charge on any atom is -0.340 e. The van der Waals surface area contributed by atoms with Gasteiger partial charge in [0, 0.05) is 27.5 Å². The Morgan fingerprint density at radius 2 is 1.69 bits per heavy atom. The number of halogens is 5. The van der Waals surface area contributed by atoms with E-state index < -0.39 is 11.9 Å². The van der Waals surface area contributed by atoms with Crippen LogP contribution >= 0.6 is 23.2 Å². The average molecular weight is 437 g/mol. The molecule has 1 N–H and O–H groups in total. The van der Waals surface area contributed by atoms with Crippen LogP contribution in [-0.2, 0) is 6.18 Å². The van der Waals surface area contributed by atoms with Crippen LogP contribution in [0.4, 0.5) is 24.7 Å². The van der Waals surface area contributed by atoms with Gasteiger partial charge in [0.05, 0.1) is 5.56 Å². The summed E-state index contributed by atoms with van der Waals surface area (Å²) in [5.74, 6) is 0.334. The molecule has 0 fully saturated rings. The number of hydrogen-bond donors (Lipinski definition) is 1. The van der Waals surface area contributed by atoms with Crippen LogP contribution in [0, 0.1) is 6.92 Å². The Morgan fingerprint density at radius 3 is 2.34 bits per heavy atom. The fourth-order valence-electron chi connectivity index (χ4n) is 3.02. The Balaban J connectivity index is 1.97. The molecule has 4 nitrogen and oxygen atoms in total. The van der Waals surface area contributed by atoms with Crippen LogP contribution in [0.25, 0.3) is 16.8 Å². The summed E-state index contributed by atoms with van der Waals surface area (Å²) in [6.07, 6.45) is -4.66. The van der Waals surface area contributed by atoms with E-state index in [1.165, 1.54) is 24.3 Å². The monoisotopic (exact) mass is 436 g/mol. The van der Waals surface area contributed by atoms with Crippen LogP contribution in [-0.4, -0.2) is 14.6 Å². The molecule has 9 heteroatoms. The average Bonchev–Trinajstić information content (AvgIpc) is 3.02. The molecule has 29 heavy (non-hydrogen) atoms. The summed E-state index contributed by atoms with van der Waals surface area (Å²) < 4.78 is 42.5. The molecule has 2 aromatic heterocycles. The molecule has 0 spiro atoms. The molecule has 0 unspecified atom stereocenters. The van der Waals surface area contributed by atoms with E-state index in [1.54, 1.807) is 37.3 Å². The van der Waals surface area contributed by atoms with Gasteiger partial charge in [0.25, 0.3) is 0 Å². The van der Waals surface area contributed by atoms with Crippen LogP contribution in [0.5, 0.6) is 0 Å². The topological polar surface area (TPSA) is 42.2 Å². The highest BCUT2D eigenvalue weighted by molar-refractivity contribution is 6.31.